The molecule has 0 radical (unpaired) electrons. The average molecular weight is 397 g/mol. The Morgan fingerprint density at radius 1 is 1.19 bits per heavy atom. The fourth-order valence-corrected chi connectivity index (χ4v) is 4.42. The normalized spacial score (nSPS) is 19.5. The van der Waals surface area contributed by atoms with Gasteiger partial charge < -0.3 is 15.5 Å². The van der Waals surface area contributed by atoms with Gasteiger partial charge in [0.15, 0.2) is 0 Å². The van der Waals surface area contributed by atoms with E-state index in [1.807, 2.05) is 6.92 Å². The van der Waals surface area contributed by atoms with E-state index in [1.165, 1.54) is 55.2 Å². The molecule has 0 bridgehead atoms. The van der Waals surface area contributed by atoms with Crippen molar-refractivity contribution >= 4 is 7.82 Å². The van der Waals surface area contributed by atoms with E-state index >= 15 is 0 Å². The number of unbranched alkanes of at least 4 members (excludes halogenated alkanes) is 5. The van der Waals surface area contributed by atoms with Crippen LogP contribution < -0.4 is 5.73 Å². The number of hydrogen-bond acceptors (Lipinski definition) is 3. The summed E-state index contributed by atoms with van der Waals surface area (Å²) in [6.45, 7) is 3.94. The zero-order chi connectivity index (χ0) is 19.9. The molecule has 0 heterocycles. The van der Waals surface area contributed by atoms with Crippen molar-refractivity contribution in [3.8, 4) is 0 Å². The Labute approximate surface area is 163 Å². The third-order valence-corrected chi connectivity index (χ3v) is 6.26. The second kappa shape index (κ2) is 10.2. The number of phosphoric ester groups is 1. The number of benzene rings is 1. The summed E-state index contributed by atoms with van der Waals surface area (Å²) in [5.74, 6) is 0.154. The van der Waals surface area contributed by atoms with Crippen molar-refractivity contribution in [2.75, 3.05) is 6.61 Å². The molecule has 4 N–H and O–H groups in total. The molecule has 154 valence electrons. The fourth-order valence-electron chi connectivity index (χ4n) is 3.98. The number of aryl methyl sites for hydroxylation is 2. The van der Waals surface area contributed by atoms with Gasteiger partial charge >= 0.3 is 7.82 Å². The minimum atomic E-state index is -4.49. The van der Waals surface area contributed by atoms with Crippen LogP contribution in [0.25, 0.3) is 0 Å². The van der Waals surface area contributed by atoms with Crippen molar-refractivity contribution < 1.29 is 18.9 Å². The molecule has 6 heteroatoms. The third kappa shape index (κ3) is 7.67. The maximum atomic E-state index is 11.0. The summed E-state index contributed by atoms with van der Waals surface area (Å²) in [5.41, 5.74) is 9.71. The van der Waals surface area contributed by atoms with E-state index in [2.05, 4.69) is 29.6 Å². The minimum absolute atomic E-state index is 0.132. The standard InChI is InChI=1S/C21H36NO4P/c1-3-4-5-6-7-8-9-17-10-11-19-15-20(13-12-18(19)14-17)21(2,22)16-26-27(23,24)25/h10-11,14,20H,3-9,12-13,15-16,22H2,1-2H3,(H2,23,24,25)/t20-,21+/m0/s1. The van der Waals surface area contributed by atoms with Gasteiger partial charge in [0.25, 0.3) is 0 Å². The highest BCUT2D eigenvalue weighted by molar-refractivity contribution is 7.46. The zero-order valence-corrected chi connectivity index (χ0v) is 17.7. The maximum Gasteiger partial charge on any atom is 0.469 e. The monoisotopic (exact) mass is 397 g/mol. The molecule has 0 aromatic heterocycles. The Bertz CT molecular complexity index is 641. The van der Waals surface area contributed by atoms with Gasteiger partial charge in [-0.15, -0.1) is 0 Å². The Balaban J connectivity index is 1.86. The molecule has 27 heavy (non-hydrogen) atoms. The van der Waals surface area contributed by atoms with E-state index in [0.29, 0.717) is 0 Å². The highest BCUT2D eigenvalue weighted by Crippen LogP contribution is 2.39. The first-order valence-electron chi connectivity index (χ1n) is 10.3. The van der Waals surface area contributed by atoms with Crippen molar-refractivity contribution in [2.45, 2.75) is 83.6 Å². The zero-order valence-electron chi connectivity index (χ0n) is 16.8. The lowest BCUT2D eigenvalue weighted by Crippen LogP contribution is -2.50. The molecule has 0 saturated heterocycles. The number of phosphoric acid groups is 1. The summed E-state index contributed by atoms with van der Waals surface area (Å²) < 4.78 is 15.6. The van der Waals surface area contributed by atoms with Crippen LogP contribution >= 0.6 is 7.82 Å². The summed E-state index contributed by atoms with van der Waals surface area (Å²) in [6.07, 6.45) is 11.8. The first kappa shape index (κ1) is 22.6. The molecule has 0 aliphatic heterocycles. The summed E-state index contributed by atoms with van der Waals surface area (Å²) in [7, 11) is -4.49. The van der Waals surface area contributed by atoms with Crippen LogP contribution in [0.15, 0.2) is 18.2 Å². The van der Waals surface area contributed by atoms with Gasteiger partial charge in [-0.3, -0.25) is 4.52 Å². The first-order valence-corrected chi connectivity index (χ1v) is 11.8. The van der Waals surface area contributed by atoms with Crippen LogP contribution in [-0.4, -0.2) is 21.9 Å². The van der Waals surface area contributed by atoms with Gasteiger partial charge in [0.05, 0.1) is 6.61 Å². The van der Waals surface area contributed by atoms with E-state index < -0.39 is 13.4 Å². The molecular weight excluding hydrogens is 361 g/mol. The predicted octanol–water partition coefficient (Wildman–Crippen LogP) is 4.52. The molecule has 2 atom stereocenters. The SMILES string of the molecule is CCCCCCCCc1ccc2c(c1)CC[C@H]([C@](C)(N)COP(=O)(O)O)C2. The molecule has 1 aliphatic carbocycles. The third-order valence-electron chi connectivity index (χ3n) is 5.79. The second-order valence-electron chi connectivity index (χ2n) is 8.33. The van der Waals surface area contributed by atoms with Crippen LogP contribution in [0, 0.1) is 5.92 Å². The summed E-state index contributed by atoms with van der Waals surface area (Å²) in [5, 5.41) is 0. The Morgan fingerprint density at radius 3 is 2.59 bits per heavy atom. The minimum Gasteiger partial charge on any atom is -0.323 e. The van der Waals surface area contributed by atoms with E-state index in [-0.39, 0.29) is 12.5 Å². The molecule has 0 unspecified atom stereocenters. The number of hydrogen-bond donors (Lipinski definition) is 3. The van der Waals surface area contributed by atoms with Gasteiger partial charge in [0, 0.05) is 5.54 Å². The fraction of sp³-hybridized carbons (Fsp3) is 0.714. The smallest absolute Gasteiger partial charge is 0.323 e. The molecule has 1 aromatic carbocycles. The van der Waals surface area contributed by atoms with E-state index in [0.717, 1.165) is 25.7 Å². The van der Waals surface area contributed by atoms with Crippen molar-refractivity contribution in [1.82, 2.24) is 0 Å². The van der Waals surface area contributed by atoms with Crippen LogP contribution in [0.5, 0.6) is 0 Å². The molecule has 0 fully saturated rings. The van der Waals surface area contributed by atoms with Crippen molar-refractivity contribution in [2.24, 2.45) is 11.7 Å². The van der Waals surface area contributed by atoms with Gasteiger partial charge in [0.1, 0.15) is 0 Å². The van der Waals surface area contributed by atoms with Crippen molar-refractivity contribution in [3.63, 3.8) is 0 Å². The largest absolute Gasteiger partial charge is 0.469 e. The van der Waals surface area contributed by atoms with Gasteiger partial charge in [0.2, 0.25) is 0 Å². The highest BCUT2D eigenvalue weighted by Gasteiger charge is 2.35. The summed E-state index contributed by atoms with van der Waals surface area (Å²) >= 11 is 0. The Kier molecular flexibility index (Phi) is 8.51. The number of rotatable bonds is 11. The molecular formula is C21H36NO4P. The Morgan fingerprint density at radius 2 is 1.89 bits per heavy atom. The topological polar surface area (TPSA) is 92.8 Å². The van der Waals surface area contributed by atoms with E-state index in [1.54, 1.807) is 0 Å². The molecule has 0 amide bonds. The number of fused-ring (bicyclic) bond motifs is 1. The highest BCUT2D eigenvalue weighted by atomic mass is 31.2. The Hall–Kier alpha value is -0.710. The van der Waals surface area contributed by atoms with Crippen LogP contribution in [-0.2, 0) is 28.4 Å². The van der Waals surface area contributed by atoms with Gasteiger partial charge in [-0.05, 0) is 61.6 Å². The quantitative estimate of drug-likeness (QED) is 0.377. The first-order chi connectivity index (χ1) is 12.7. The lowest BCUT2D eigenvalue weighted by Gasteiger charge is -2.37. The van der Waals surface area contributed by atoms with Gasteiger partial charge in [-0.2, -0.15) is 0 Å². The van der Waals surface area contributed by atoms with Crippen LogP contribution in [0.2, 0.25) is 0 Å². The van der Waals surface area contributed by atoms with E-state index in [4.69, 9.17) is 15.5 Å². The number of nitrogens with two attached hydrogens (primary N) is 1. The molecule has 5 nitrogen and oxygen atoms in total. The maximum absolute atomic E-state index is 11.0. The van der Waals surface area contributed by atoms with Gasteiger partial charge in [-0.25, -0.2) is 4.57 Å². The lowest BCUT2D eigenvalue weighted by molar-refractivity contribution is 0.121. The van der Waals surface area contributed by atoms with Crippen LogP contribution in [0.1, 0.15) is 75.5 Å². The van der Waals surface area contributed by atoms with Crippen LogP contribution in [0.4, 0.5) is 0 Å². The molecule has 0 spiro atoms. The van der Waals surface area contributed by atoms with Crippen LogP contribution in [0.3, 0.4) is 0 Å². The second-order valence-corrected chi connectivity index (χ2v) is 9.57. The molecule has 2 rings (SSSR count). The van der Waals surface area contributed by atoms with Crippen molar-refractivity contribution in [1.29, 1.82) is 0 Å². The lowest BCUT2D eigenvalue weighted by atomic mass is 9.74. The molecule has 0 saturated carbocycles. The molecule has 1 aromatic rings. The average Bonchev–Trinajstić information content (AvgIpc) is 2.62. The van der Waals surface area contributed by atoms with Crippen molar-refractivity contribution in [3.05, 3.63) is 34.9 Å². The predicted molar refractivity (Wildman–Crippen MR) is 110 cm³/mol. The van der Waals surface area contributed by atoms with E-state index in [9.17, 15) is 4.57 Å². The summed E-state index contributed by atoms with van der Waals surface area (Å²) in [6, 6.07) is 6.79. The summed E-state index contributed by atoms with van der Waals surface area (Å²) in [4.78, 5) is 17.9. The van der Waals surface area contributed by atoms with Gasteiger partial charge in [-0.1, -0.05) is 57.2 Å². The molecule has 1 aliphatic rings.